The maximum atomic E-state index is 13.3. The van der Waals surface area contributed by atoms with Crippen molar-refractivity contribution in [2.45, 2.75) is 19.4 Å². The number of aromatic nitrogens is 2. The molecular formula is C21H21F2N3O4. The number of nitrogens with one attached hydrogen (secondary N) is 1. The zero-order valence-electron chi connectivity index (χ0n) is 16.7. The van der Waals surface area contributed by atoms with Crippen LogP contribution in [-0.2, 0) is 17.3 Å². The number of hydrogen-bond donors (Lipinski definition) is 1. The molecule has 2 heterocycles. The Hall–Kier alpha value is -3.62. The first-order valence-corrected chi connectivity index (χ1v) is 8.99. The molecule has 9 heteroatoms. The van der Waals surface area contributed by atoms with Gasteiger partial charge in [-0.1, -0.05) is 12.1 Å². The van der Waals surface area contributed by atoms with E-state index in [4.69, 9.17) is 13.9 Å². The molecule has 2 aromatic heterocycles. The number of hydrogen-bond acceptors (Lipinski definition) is 5. The van der Waals surface area contributed by atoms with E-state index < -0.39 is 11.7 Å². The Bertz CT molecular complexity index is 1050. The molecule has 0 saturated carbocycles. The van der Waals surface area contributed by atoms with Gasteiger partial charge in [0.1, 0.15) is 5.76 Å². The van der Waals surface area contributed by atoms with E-state index >= 15 is 0 Å². The highest BCUT2D eigenvalue weighted by Gasteiger charge is 2.28. The Kier molecular flexibility index (Phi) is 6.20. The minimum Gasteiger partial charge on any atom is -0.493 e. The van der Waals surface area contributed by atoms with Gasteiger partial charge in [0.15, 0.2) is 17.3 Å². The molecule has 0 atom stereocenters. The van der Waals surface area contributed by atoms with Gasteiger partial charge in [0.25, 0.3) is 0 Å². The summed E-state index contributed by atoms with van der Waals surface area (Å²) in [7, 11) is 3.06. The molecule has 1 aromatic carbocycles. The maximum Gasteiger partial charge on any atom is 0.301 e. The summed E-state index contributed by atoms with van der Waals surface area (Å²) in [6.07, 6.45) is 5.99. The van der Waals surface area contributed by atoms with Crippen molar-refractivity contribution in [3.8, 4) is 11.5 Å². The number of furan rings is 1. The van der Waals surface area contributed by atoms with E-state index in [1.54, 1.807) is 30.5 Å². The fourth-order valence-corrected chi connectivity index (χ4v) is 2.77. The fraction of sp³-hybridized carbons (Fsp3) is 0.238. The molecule has 0 radical (unpaired) electrons. The van der Waals surface area contributed by atoms with Gasteiger partial charge in [0.05, 0.1) is 32.6 Å². The smallest absolute Gasteiger partial charge is 0.301 e. The van der Waals surface area contributed by atoms with Crippen LogP contribution >= 0.6 is 0 Å². The van der Waals surface area contributed by atoms with E-state index in [0.717, 1.165) is 6.92 Å². The third-order valence-corrected chi connectivity index (χ3v) is 4.16. The topological polar surface area (TPSA) is 78.5 Å². The summed E-state index contributed by atoms with van der Waals surface area (Å²) >= 11 is 0. The van der Waals surface area contributed by atoms with Crippen molar-refractivity contribution in [2.75, 3.05) is 19.5 Å². The van der Waals surface area contributed by atoms with Crippen molar-refractivity contribution in [2.24, 2.45) is 0 Å². The summed E-state index contributed by atoms with van der Waals surface area (Å²) in [5.41, 5.74) is 1.14. The summed E-state index contributed by atoms with van der Waals surface area (Å²) in [6.45, 7) is 0.925. The summed E-state index contributed by atoms with van der Waals surface area (Å²) in [5.74, 6) is -2.41. The van der Waals surface area contributed by atoms with Crippen LogP contribution in [0.4, 0.5) is 14.5 Å². The number of methoxy groups -OCH3 is 2. The lowest BCUT2D eigenvalue weighted by Gasteiger charge is -2.09. The average molecular weight is 417 g/mol. The molecule has 0 aliphatic carbocycles. The number of halogens is 2. The molecule has 1 amide bonds. The van der Waals surface area contributed by atoms with Gasteiger partial charge in [0.2, 0.25) is 5.91 Å². The van der Waals surface area contributed by atoms with E-state index in [2.05, 4.69) is 10.4 Å². The molecule has 30 heavy (non-hydrogen) atoms. The molecule has 0 fully saturated rings. The second kappa shape index (κ2) is 8.81. The molecule has 0 saturated heterocycles. The largest absolute Gasteiger partial charge is 0.493 e. The van der Waals surface area contributed by atoms with Crippen LogP contribution in [0.25, 0.3) is 6.08 Å². The van der Waals surface area contributed by atoms with E-state index in [-0.39, 0.29) is 12.5 Å². The molecule has 0 bridgehead atoms. The number of nitrogens with zero attached hydrogens (tertiary/aromatic N) is 2. The van der Waals surface area contributed by atoms with Crippen LogP contribution in [0.1, 0.15) is 24.0 Å². The first-order chi connectivity index (χ1) is 14.3. The lowest BCUT2D eigenvalue weighted by atomic mass is 10.1. The van der Waals surface area contributed by atoms with Crippen molar-refractivity contribution < 1.29 is 27.5 Å². The van der Waals surface area contributed by atoms with Crippen LogP contribution in [0, 0.1) is 0 Å². The third-order valence-electron chi connectivity index (χ3n) is 4.16. The summed E-state index contributed by atoms with van der Waals surface area (Å²) in [6, 6.07) is 8.04. The number of anilines is 1. The molecule has 3 aromatic rings. The van der Waals surface area contributed by atoms with Crippen LogP contribution < -0.4 is 14.8 Å². The molecule has 0 unspecified atom stereocenters. The predicted molar refractivity (Wildman–Crippen MR) is 107 cm³/mol. The Morgan fingerprint density at radius 1 is 1.27 bits per heavy atom. The first kappa shape index (κ1) is 21.1. The molecule has 1 N–H and O–H groups in total. The lowest BCUT2D eigenvalue weighted by Crippen LogP contribution is -2.07. The average Bonchev–Trinajstić information content (AvgIpc) is 3.35. The second-order valence-corrected chi connectivity index (χ2v) is 6.49. The summed E-state index contributed by atoms with van der Waals surface area (Å²) in [5, 5.41) is 6.78. The van der Waals surface area contributed by atoms with Gasteiger partial charge in [-0.3, -0.25) is 9.48 Å². The van der Waals surface area contributed by atoms with Crippen molar-refractivity contribution in [3.63, 3.8) is 0 Å². The Morgan fingerprint density at radius 2 is 2.07 bits per heavy atom. The van der Waals surface area contributed by atoms with Crippen LogP contribution in [0.3, 0.4) is 0 Å². The Morgan fingerprint density at radius 3 is 2.73 bits per heavy atom. The van der Waals surface area contributed by atoms with Gasteiger partial charge >= 0.3 is 5.92 Å². The Labute approximate surface area is 171 Å². The number of carbonyl (C=O) groups excluding carboxylic acids is 1. The predicted octanol–water partition coefficient (Wildman–Crippen LogP) is 4.31. The van der Waals surface area contributed by atoms with Gasteiger partial charge in [0, 0.05) is 24.8 Å². The zero-order valence-corrected chi connectivity index (χ0v) is 16.7. The monoisotopic (exact) mass is 417 g/mol. The van der Waals surface area contributed by atoms with Crippen molar-refractivity contribution in [1.82, 2.24) is 9.78 Å². The van der Waals surface area contributed by atoms with Crippen LogP contribution in [0.5, 0.6) is 11.5 Å². The third kappa shape index (κ3) is 5.05. The number of alkyl halides is 2. The number of amides is 1. The van der Waals surface area contributed by atoms with Crippen molar-refractivity contribution >= 4 is 17.7 Å². The highest BCUT2D eigenvalue weighted by molar-refractivity contribution is 6.02. The lowest BCUT2D eigenvalue weighted by molar-refractivity contribution is -0.111. The highest BCUT2D eigenvalue weighted by Crippen LogP contribution is 2.31. The number of ether oxygens (including phenoxy) is 2. The SMILES string of the molecule is COc1cccc(/C=C\C(=O)Nc2cnn(Cc3ccc(C(C)(F)F)o3)c2)c1OC. The molecule has 158 valence electrons. The number of carbonyl (C=O) groups is 1. The standard InChI is InChI=1S/C21H21F2N3O4/c1-21(22,23)18-9-8-16(30-18)13-26-12-15(11-24-26)25-19(27)10-7-14-5-4-6-17(28-2)20(14)29-3/h4-12H,13H2,1-3H3,(H,25,27)/b10-7-. The molecule has 0 aliphatic heterocycles. The molecule has 0 spiro atoms. The van der Waals surface area contributed by atoms with Gasteiger partial charge in [-0.15, -0.1) is 0 Å². The van der Waals surface area contributed by atoms with E-state index in [1.165, 1.54) is 43.3 Å². The van der Waals surface area contributed by atoms with Crippen LogP contribution in [0.15, 0.2) is 53.2 Å². The number of benzene rings is 1. The van der Waals surface area contributed by atoms with Crippen molar-refractivity contribution in [1.29, 1.82) is 0 Å². The van der Waals surface area contributed by atoms with Crippen LogP contribution in [0.2, 0.25) is 0 Å². The first-order valence-electron chi connectivity index (χ1n) is 8.99. The fourth-order valence-electron chi connectivity index (χ4n) is 2.77. The van der Waals surface area contributed by atoms with Crippen LogP contribution in [-0.4, -0.2) is 29.9 Å². The van der Waals surface area contributed by atoms with Gasteiger partial charge in [-0.05, 0) is 24.3 Å². The Balaban J connectivity index is 1.63. The van der Waals surface area contributed by atoms with E-state index in [0.29, 0.717) is 28.5 Å². The van der Waals surface area contributed by atoms with Gasteiger partial charge in [-0.25, -0.2) is 0 Å². The second-order valence-electron chi connectivity index (χ2n) is 6.49. The van der Waals surface area contributed by atoms with E-state index in [9.17, 15) is 13.6 Å². The zero-order chi connectivity index (χ0) is 21.7. The summed E-state index contributed by atoms with van der Waals surface area (Å²) in [4.78, 5) is 12.2. The molecule has 3 rings (SSSR count). The minimum atomic E-state index is -3.04. The minimum absolute atomic E-state index is 0.156. The van der Waals surface area contributed by atoms with Gasteiger partial charge in [-0.2, -0.15) is 13.9 Å². The van der Waals surface area contributed by atoms with Crippen molar-refractivity contribution in [3.05, 3.63) is 65.9 Å². The quantitative estimate of drug-likeness (QED) is 0.553. The molecule has 7 nitrogen and oxygen atoms in total. The number of para-hydroxylation sites is 1. The molecule has 0 aliphatic rings. The maximum absolute atomic E-state index is 13.3. The highest BCUT2D eigenvalue weighted by atomic mass is 19.3. The molecular weight excluding hydrogens is 396 g/mol. The van der Waals surface area contributed by atoms with E-state index in [1.807, 2.05) is 0 Å². The van der Waals surface area contributed by atoms with Gasteiger partial charge < -0.3 is 19.2 Å². The summed E-state index contributed by atoms with van der Waals surface area (Å²) < 4.78 is 43.7. The normalized spacial score (nSPS) is 11.6. The number of rotatable bonds is 8.